The molecule has 0 heterocycles. The lowest BCUT2D eigenvalue weighted by Gasteiger charge is -2.12. The van der Waals surface area contributed by atoms with E-state index in [9.17, 15) is 8.78 Å². The predicted molar refractivity (Wildman–Crippen MR) is 74.3 cm³/mol. The first-order valence-corrected chi connectivity index (χ1v) is 6.23. The summed E-state index contributed by atoms with van der Waals surface area (Å²) in [6, 6.07) is 7.99. The van der Waals surface area contributed by atoms with E-state index < -0.39 is 11.6 Å². The summed E-state index contributed by atoms with van der Waals surface area (Å²) in [4.78, 5) is 0. The molecule has 0 unspecified atom stereocenters. The molecule has 0 aliphatic heterocycles. The number of rotatable bonds is 3. The number of benzene rings is 2. The zero-order chi connectivity index (χ0) is 14.0. The molecule has 3 heteroatoms. The molecule has 2 aromatic carbocycles. The van der Waals surface area contributed by atoms with Crippen LogP contribution >= 0.6 is 0 Å². The lowest BCUT2D eigenvalue weighted by molar-refractivity contribution is 0.588. The van der Waals surface area contributed by atoms with E-state index in [2.05, 4.69) is 24.4 Å². The highest BCUT2D eigenvalue weighted by molar-refractivity contribution is 5.47. The zero-order valence-electron chi connectivity index (χ0n) is 11.3. The van der Waals surface area contributed by atoms with Crippen molar-refractivity contribution < 1.29 is 8.78 Å². The summed E-state index contributed by atoms with van der Waals surface area (Å²) < 4.78 is 27.0. The van der Waals surface area contributed by atoms with Gasteiger partial charge in [-0.2, -0.15) is 0 Å². The van der Waals surface area contributed by atoms with Crippen molar-refractivity contribution in [2.45, 2.75) is 27.3 Å². The molecule has 0 bridgehead atoms. The molecule has 0 saturated carbocycles. The highest BCUT2D eigenvalue weighted by Crippen LogP contribution is 2.21. The van der Waals surface area contributed by atoms with Crippen molar-refractivity contribution >= 4 is 5.69 Å². The normalized spacial score (nSPS) is 10.6. The van der Waals surface area contributed by atoms with Crippen molar-refractivity contribution in [3.63, 3.8) is 0 Å². The van der Waals surface area contributed by atoms with Gasteiger partial charge in [0.05, 0.1) is 0 Å². The molecule has 1 N–H and O–H groups in total. The summed E-state index contributed by atoms with van der Waals surface area (Å²) in [5.74, 6) is -1.14. The Labute approximate surface area is 112 Å². The molecular weight excluding hydrogens is 244 g/mol. The van der Waals surface area contributed by atoms with E-state index in [1.54, 1.807) is 0 Å². The van der Waals surface area contributed by atoms with Crippen molar-refractivity contribution in [3.8, 4) is 0 Å². The summed E-state index contributed by atoms with van der Waals surface area (Å²) in [5, 5.41) is 2.84. The molecule has 0 aliphatic rings. The Morgan fingerprint density at radius 1 is 0.895 bits per heavy atom. The molecular formula is C16H17F2N. The van der Waals surface area contributed by atoms with Crippen LogP contribution in [-0.2, 0) is 6.54 Å². The standard InChI is InChI=1S/C16H17F2N/c1-10-7-12(3)13(8-11(10)2)9-19-16-14(17)5-4-6-15(16)18/h4-8,19H,9H2,1-3H3. The molecule has 2 rings (SSSR count). The first-order valence-electron chi connectivity index (χ1n) is 6.23. The van der Waals surface area contributed by atoms with Crippen LogP contribution in [0.4, 0.5) is 14.5 Å². The molecule has 0 radical (unpaired) electrons. The van der Waals surface area contributed by atoms with Gasteiger partial charge in [-0.15, -0.1) is 0 Å². The Morgan fingerprint density at radius 3 is 2.11 bits per heavy atom. The molecule has 0 amide bonds. The average Bonchev–Trinajstić information content (AvgIpc) is 2.34. The minimum atomic E-state index is -0.568. The molecule has 0 aromatic heterocycles. The van der Waals surface area contributed by atoms with Crippen LogP contribution in [0.5, 0.6) is 0 Å². The molecule has 0 fully saturated rings. The van der Waals surface area contributed by atoms with Crippen LogP contribution in [0.15, 0.2) is 30.3 Å². The number of anilines is 1. The van der Waals surface area contributed by atoms with Crippen molar-refractivity contribution in [2.75, 3.05) is 5.32 Å². The van der Waals surface area contributed by atoms with Gasteiger partial charge < -0.3 is 5.32 Å². The second-order valence-corrected chi connectivity index (χ2v) is 4.81. The number of aryl methyl sites for hydroxylation is 3. The highest BCUT2D eigenvalue weighted by Gasteiger charge is 2.08. The van der Waals surface area contributed by atoms with E-state index in [0.717, 1.165) is 11.1 Å². The van der Waals surface area contributed by atoms with E-state index >= 15 is 0 Å². The van der Waals surface area contributed by atoms with Gasteiger partial charge in [-0.05, 0) is 55.2 Å². The van der Waals surface area contributed by atoms with Crippen molar-refractivity contribution in [2.24, 2.45) is 0 Å². The maximum absolute atomic E-state index is 13.5. The van der Waals surface area contributed by atoms with Crippen LogP contribution in [0.2, 0.25) is 0 Å². The maximum atomic E-state index is 13.5. The van der Waals surface area contributed by atoms with Gasteiger partial charge in [-0.1, -0.05) is 18.2 Å². The lowest BCUT2D eigenvalue weighted by atomic mass is 10.0. The van der Waals surface area contributed by atoms with Gasteiger partial charge in [0, 0.05) is 6.54 Å². The average molecular weight is 261 g/mol. The van der Waals surface area contributed by atoms with Crippen LogP contribution in [0, 0.1) is 32.4 Å². The van der Waals surface area contributed by atoms with Crippen LogP contribution in [0.3, 0.4) is 0 Å². The zero-order valence-corrected chi connectivity index (χ0v) is 11.3. The van der Waals surface area contributed by atoms with Gasteiger partial charge in [-0.3, -0.25) is 0 Å². The Kier molecular flexibility index (Phi) is 3.84. The summed E-state index contributed by atoms with van der Waals surface area (Å²) >= 11 is 0. The minimum absolute atomic E-state index is 0.0693. The van der Waals surface area contributed by atoms with Crippen LogP contribution in [0.1, 0.15) is 22.3 Å². The van der Waals surface area contributed by atoms with Crippen LogP contribution in [0.25, 0.3) is 0 Å². The number of para-hydroxylation sites is 1. The fourth-order valence-electron chi connectivity index (χ4n) is 2.06. The molecule has 100 valence electrons. The Bertz CT molecular complexity index is 586. The Morgan fingerprint density at radius 2 is 1.47 bits per heavy atom. The van der Waals surface area contributed by atoms with Crippen molar-refractivity contribution in [1.82, 2.24) is 0 Å². The molecule has 0 spiro atoms. The number of hydrogen-bond acceptors (Lipinski definition) is 1. The quantitative estimate of drug-likeness (QED) is 0.857. The summed E-state index contributed by atoms with van der Waals surface area (Å²) in [6.45, 7) is 6.49. The van der Waals surface area contributed by atoms with E-state index in [1.165, 1.54) is 29.3 Å². The predicted octanol–water partition coefficient (Wildman–Crippen LogP) is 4.50. The monoisotopic (exact) mass is 261 g/mol. The van der Waals surface area contributed by atoms with Crippen molar-refractivity contribution in [1.29, 1.82) is 0 Å². The lowest BCUT2D eigenvalue weighted by Crippen LogP contribution is -2.05. The van der Waals surface area contributed by atoms with Crippen molar-refractivity contribution in [3.05, 3.63) is 64.2 Å². The van der Waals surface area contributed by atoms with E-state index in [1.807, 2.05) is 13.8 Å². The molecule has 2 aromatic rings. The topological polar surface area (TPSA) is 12.0 Å². The Hall–Kier alpha value is -1.90. The third-order valence-electron chi connectivity index (χ3n) is 3.37. The van der Waals surface area contributed by atoms with Gasteiger partial charge in [0.15, 0.2) is 0 Å². The van der Waals surface area contributed by atoms with Crippen LogP contribution < -0.4 is 5.32 Å². The fourth-order valence-corrected chi connectivity index (χ4v) is 2.06. The van der Waals surface area contributed by atoms with E-state index in [-0.39, 0.29) is 5.69 Å². The Balaban J connectivity index is 2.22. The van der Waals surface area contributed by atoms with Gasteiger partial charge in [-0.25, -0.2) is 8.78 Å². The number of halogens is 2. The fraction of sp³-hybridized carbons (Fsp3) is 0.250. The largest absolute Gasteiger partial charge is 0.376 e. The summed E-state index contributed by atoms with van der Waals surface area (Å²) in [5.41, 5.74) is 4.49. The molecule has 0 aliphatic carbocycles. The summed E-state index contributed by atoms with van der Waals surface area (Å²) in [6.07, 6.45) is 0. The maximum Gasteiger partial charge on any atom is 0.149 e. The number of nitrogens with one attached hydrogen (secondary N) is 1. The minimum Gasteiger partial charge on any atom is -0.376 e. The highest BCUT2D eigenvalue weighted by atomic mass is 19.1. The van der Waals surface area contributed by atoms with Gasteiger partial charge >= 0.3 is 0 Å². The molecule has 0 saturated heterocycles. The third kappa shape index (κ3) is 2.92. The molecule has 1 nitrogen and oxygen atoms in total. The van der Waals surface area contributed by atoms with Gasteiger partial charge in [0.25, 0.3) is 0 Å². The van der Waals surface area contributed by atoms with E-state index in [0.29, 0.717) is 6.54 Å². The third-order valence-corrected chi connectivity index (χ3v) is 3.37. The van der Waals surface area contributed by atoms with E-state index in [4.69, 9.17) is 0 Å². The SMILES string of the molecule is Cc1cc(C)c(CNc2c(F)cccc2F)cc1C. The molecule has 19 heavy (non-hydrogen) atoms. The second-order valence-electron chi connectivity index (χ2n) is 4.81. The van der Waals surface area contributed by atoms with Gasteiger partial charge in [0.1, 0.15) is 17.3 Å². The smallest absolute Gasteiger partial charge is 0.149 e. The first-order chi connectivity index (χ1) is 8.99. The number of hydrogen-bond donors (Lipinski definition) is 1. The second kappa shape index (κ2) is 5.39. The first kappa shape index (κ1) is 13.5. The molecule has 0 atom stereocenters. The summed E-state index contributed by atoms with van der Waals surface area (Å²) in [7, 11) is 0. The van der Waals surface area contributed by atoms with Crippen LogP contribution in [-0.4, -0.2) is 0 Å². The van der Waals surface area contributed by atoms with Gasteiger partial charge in [0.2, 0.25) is 0 Å².